The maximum Gasteiger partial charge on any atom is 0.326 e. The molecule has 0 aliphatic rings. The van der Waals surface area contributed by atoms with Crippen molar-refractivity contribution in [1.82, 2.24) is 4.67 Å². The lowest BCUT2D eigenvalue weighted by Crippen LogP contribution is -2.22. The Hall–Kier alpha value is 0.500. The van der Waals surface area contributed by atoms with Gasteiger partial charge in [0, 0.05) is 18.8 Å². The third-order valence-electron chi connectivity index (χ3n) is 4.15. The van der Waals surface area contributed by atoms with Crippen molar-refractivity contribution in [3.05, 3.63) is 0 Å². The number of rotatable bonds is 17. The molecule has 0 radical (unpaired) electrons. The molecule has 0 fully saturated rings. The molecule has 0 saturated carbocycles. The fraction of sp³-hybridized carbons (Fsp3) is 1.00. The molecule has 3 nitrogen and oxygen atoms in total. The second-order valence-electron chi connectivity index (χ2n) is 6.46. The van der Waals surface area contributed by atoms with Crippen LogP contribution in [-0.2, 0) is 4.57 Å². The van der Waals surface area contributed by atoms with E-state index in [1.807, 2.05) is 4.67 Å². The van der Waals surface area contributed by atoms with Crippen LogP contribution in [-0.4, -0.2) is 28.4 Å². The van der Waals surface area contributed by atoms with Gasteiger partial charge in [0.1, 0.15) is 0 Å². The molecule has 0 saturated heterocycles. The zero-order chi connectivity index (χ0) is 17.4. The van der Waals surface area contributed by atoms with Gasteiger partial charge < -0.3 is 4.89 Å². The highest BCUT2D eigenvalue weighted by atomic mass is 32.7. The Morgan fingerprint density at radius 3 is 1.74 bits per heavy atom. The van der Waals surface area contributed by atoms with E-state index in [1.165, 1.54) is 56.3 Å². The lowest BCUT2D eigenvalue weighted by molar-refractivity contribution is 0.346. The molecule has 0 rings (SSSR count). The van der Waals surface area contributed by atoms with Gasteiger partial charge in [-0.15, -0.1) is 0 Å². The molecule has 1 N–H and O–H groups in total. The van der Waals surface area contributed by atoms with E-state index in [2.05, 4.69) is 20.8 Å². The summed E-state index contributed by atoms with van der Waals surface area (Å²) in [4.78, 5) is 10.5. The van der Waals surface area contributed by atoms with Crippen molar-refractivity contribution in [2.75, 3.05) is 18.8 Å². The normalized spacial score (nSPS) is 14.3. The first-order valence-corrected chi connectivity index (χ1v) is 13.0. The van der Waals surface area contributed by atoms with Crippen LogP contribution in [0.4, 0.5) is 0 Å². The minimum atomic E-state index is -3.20. The summed E-state index contributed by atoms with van der Waals surface area (Å²) >= 11 is 1.30. The summed E-state index contributed by atoms with van der Waals surface area (Å²) < 4.78 is 14.6. The third kappa shape index (κ3) is 13.5. The third-order valence-corrected chi connectivity index (χ3v) is 8.33. The van der Waals surface area contributed by atoms with Gasteiger partial charge in [-0.2, -0.15) is 0 Å². The molecule has 0 amide bonds. The van der Waals surface area contributed by atoms with Crippen molar-refractivity contribution >= 4 is 18.1 Å². The summed E-state index contributed by atoms with van der Waals surface area (Å²) in [5, 5.41) is 0. The van der Waals surface area contributed by atoms with Crippen LogP contribution in [0.1, 0.15) is 97.8 Å². The van der Waals surface area contributed by atoms with E-state index in [1.54, 1.807) is 0 Å². The molecule has 0 aromatic heterocycles. The first-order chi connectivity index (χ1) is 11.1. The van der Waals surface area contributed by atoms with Gasteiger partial charge in [-0.25, -0.2) is 4.67 Å². The Labute approximate surface area is 149 Å². The van der Waals surface area contributed by atoms with Crippen LogP contribution in [0.25, 0.3) is 0 Å². The van der Waals surface area contributed by atoms with Crippen molar-refractivity contribution in [3.8, 4) is 0 Å². The van der Waals surface area contributed by atoms with Gasteiger partial charge in [0.2, 0.25) is 0 Å². The lowest BCUT2D eigenvalue weighted by Gasteiger charge is -2.26. The summed E-state index contributed by atoms with van der Waals surface area (Å²) in [7, 11) is 0. The Bertz CT molecular complexity index is 303. The predicted octanol–water partition coefficient (Wildman–Crippen LogP) is 6.86. The molecule has 1 unspecified atom stereocenters. The smallest absolute Gasteiger partial charge is 0.326 e. The van der Waals surface area contributed by atoms with Gasteiger partial charge in [0.15, 0.2) is 0 Å². The Morgan fingerprint density at radius 2 is 1.17 bits per heavy atom. The average Bonchev–Trinajstić information content (AvgIpc) is 2.52. The van der Waals surface area contributed by atoms with Gasteiger partial charge in [0.05, 0.1) is 0 Å². The summed E-state index contributed by atoms with van der Waals surface area (Å²) in [5.74, 6) is 0.813. The summed E-state index contributed by atoms with van der Waals surface area (Å²) in [6.45, 7) is 4.94. The minimum Gasteiger partial charge on any atom is -0.326 e. The number of nitrogens with zero attached hydrogens (tertiary/aromatic N) is 1. The molecule has 0 spiro atoms. The molecule has 140 valence electrons. The Kier molecular flexibility index (Phi) is 16.3. The zero-order valence-electron chi connectivity index (χ0n) is 15.8. The van der Waals surface area contributed by atoms with Crippen LogP contribution in [0.3, 0.4) is 0 Å². The highest BCUT2D eigenvalue weighted by Gasteiger charge is 2.27. The molecular formula is C18H40NO2PS. The van der Waals surface area contributed by atoms with Gasteiger partial charge in [0.25, 0.3) is 0 Å². The average molecular weight is 366 g/mol. The van der Waals surface area contributed by atoms with E-state index in [0.29, 0.717) is 0 Å². The van der Waals surface area contributed by atoms with Crippen molar-refractivity contribution < 1.29 is 9.46 Å². The van der Waals surface area contributed by atoms with E-state index in [-0.39, 0.29) is 0 Å². The molecule has 0 aliphatic heterocycles. The number of hydrogen-bond donors (Lipinski definition) is 1. The molecule has 0 aromatic rings. The Morgan fingerprint density at radius 1 is 0.739 bits per heavy atom. The molecule has 0 heterocycles. The summed E-state index contributed by atoms with van der Waals surface area (Å²) in [6, 6.07) is 0. The lowest BCUT2D eigenvalue weighted by atomic mass is 10.1. The van der Waals surface area contributed by atoms with Crippen molar-refractivity contribution in [3.63, 3.8) is 0 Å². The number of hydrogen-bond acceptors (Lipinski definition) is 2. The van der Waals surface area contributed by atoms with Crippen molar-refractivity contribution in [2.45, 2.75) is 97.8 Å². The fourth-order valence-corrected chi connectivity index (χ4v) is 6.20. The van der Waals surface area contributed by atoms with E-state index < -0.39 is 6.72 Å². The molecular weight excluding hydrogens is 325 g/mol. The first kappa shape index (κ1) is 23.5. The maximum atomic E-state index is 12.7. The monoisotopic (exact) mass is 365 g/mol. The molecule has 0 aliphatic carbocycles. The van der Waals surface area contributed by atoms with Gasteiger partial charge in [-0.05, 0) is 19.3 Å². The predicted molar refractivity (Wildman–Crippen MR) is 106 cm³/mol. The maximum absolute atomic E-state index is 12.7. The van der Waals surface area contributed by atoms with Gasteiger partial charge in [-0.1, -0.05) is 89.9 Å². The molecule has 5 heteroatoms. The van der Waals surface area contributed by atoms with Crippen LogP contribution in [0.15, 0.2) is 0 Å². The highest BCUT2D eigenvalue weighted by molar-refractivity contribution is 8.55. The van der Waals surface area contributed by atoms with Crippen LogP contribution in [0.2, 0.25) is 0 Å². The quantitative estimate of drug-likeness (QED) is 0.226. The first-order valence-electron chi connectivity index (χ1n) is 9.81. The summed E-state index contributed by atoms with van der Waals surface area (Å²) in [5.41, 5.74) is 0. The van der Waals surface area contributed by atoms with Crippen LogP contribution < -0.4 is 0 Å². The zero-order valence-corrected chi connectivity index (χ0v) is 17.5. The fourth-order valence-electron chi connectivity index (χ4n) is 2.60. The van der Waals surface area contributed by atoms with E-state index in [0.717, 1.165) is 50.9 Å². The van der Waals surface area contributed by atoms with Gasteiger partial charge in [-0.3, -0.25) is 4.57 Å². The summed E-state index contributed by atoms with van der Waals surface area (Å²) in [6.07, 6.45) is 14.0. The largest absolute Gasteiger partial charge is 0.326 e. The number of unbranched alkanes of at least 4 members (excludes halogenated alkanes) is 9. The Balaban J connectivity index is 4.22. The molecule has 23 heavy (non-hydrogen) atoms. The van der Waals surface area contributed by atoms with Crippen LogP contribution >= 0.6 is 18.1 Å². The van der Waals surface area contributed by atoms with Crippen molar-refractivity contribution in [2.24, 2.45) is 0 Å². The molecule has 1 atom stereocenters. The standard InChI is InChI=1S/C18H40NO2PS/c1-4-7-10-12-14-17-19(16-13-9-6-3)22(20,21)23-18-15-11-8-5-2/h4-18H2,1-3H3,(H,20,21). The topological polar surface area (TPSA) is 40.5 Å². The highest BCUT2D eigenvalue weighted by Crippen LogP contribution is 2.58. The molecule has 0 bridgehead atoms. The van der Waals surface area contributed by atoms with E-state index >= 15 is 0 Å². The van der Waals surface area contributed by atoms with Crippen LogP contribution in [0.5, 0.6) is 0 Å². The van der Waals surface area contributed by atoms with Gasteiger partial charge >= 0.3 is 6.72 Å². The second kappa shape index (κ2) is 16.0. The minimum absolute atomic E-state index is 0.775. The van der Waals surface area contributed by atoms with Crippen molar-refractivity contribution in [1.29, 1.82) is 0 Å². The molecule has 0 aromatic carbocycles. The van der Waals surface area contributed by atoms with E-state index in [4.69, 9.17) is 0 Å². The SMILES string of the molecule is CCCCCCCN(CCCCC)P(=O)(O)SCCCCCC. The second-order valence-corrected chi connectivity index (χ2v) is 10.9. The van der Waals surface area contributed by atoms with E-state index in [9.17, 15) is 9.46 Å². The van der Waals surface area contributed by atoms with Crippen LogP contribution in [0, 0.1) is 0 Å².